The first-order valence-electron chi connectivity index (χ1n) is 30.7. The molecule has 0 radical (unpaired) electrons. The Bertz CT molecular complexity index is 3140. The van der Waals surface area contributed by atoms with E-state index in [0.717, 1.165) is 6.08 Å². The zero-order chi connectivity index (χ0) is 73.9. The fourth-order valence-corrected chi connectivity index (χ4v) is 9.84. The fraction of sp³-hybridized carbons (Fsp3) is 0.529. The molecule has 1 aliphatic carbocycles. The number of halogens is 3. The molecule has 98 heavy (non-hydrogen) atoms. The number of quaternary nitrogens is 1. The van der Waals surface area contributed by atoms with Crippen LogP contribution in [0.5, 0.6) is 11.5 Å². The quantitative estimate of drug-likeness (QED) is 0.0354. The Hall–Kier alpha value is -7.25. The number of anilines is 1. The van der Waals surface area contributed by atoms with E-state index < -0.39 is 119 Å². The van der Waals surface area contributed by atoms with Gasteiger partial charge in [-0.1, -0.05) is 82.9 Å². The monoisotopic (exact) mass is 1440 g/mol. The summed E-state index contributed by atoms with van der Waals surface area (Å²) in [5.41, 5.74) is 21.5. The van der Waals surface area contributed by atoms with Gasteiger partial charge in [0.2, 0.25) is 16.8 Å². The van der Waals surface area contributed by atoms with Crippen LogP contribution in [0.3, 0.4) is 0 Å². The lowest BCUT2D eigenvalue weighted by Gasteiger charge is -2.29. The average molecular weight is 1440 g/mol. The molecule has 1 aromatic rings. The molecule has 2 heterocycles. The van der Waals surface area contributed by atoms with E-state index in [0.29, 0.717) is 53.8 Å². The summed E-state index contributed by atoms with van der Waals surface area (Å²) in [7, 11) is 7.18. The van der Waals surface area contributed by atoms with Crippen LogP contribution < -0.4 is 56.4 Å². The van der Waals surface area contributed by atoms with Gasteiger partial charge in [-0.05, 0) is 122 Å². The third-order valence-electron chi connectivity index (χ3n) is 15.3. The first-order valence-corrected chi connectivity index (χ1v) is 31.1. The maximum Gasteiger partial charge on any atom is 0.405 e. The Kier molecular flexibility index (Phi) is 41.7. The van der Waals surface area contributed by atoms with Gasteiger partial charge in [0.1, 0.15) is 18.0 Å². The van der Waals surface area contributed by atoms with Gasteiger partial charge in [0.15, 0.2) is 29.4 Å². The highest BCUT2D eigenvalue weighted by atomic mass is 35.5. The number of fused-ring (bicyclic) bond motifs is 4. The van der Waals surface area contributed by atoms with Crippen LogP contribution >= 0.6 is 24.0 Å². The number of phenols is 2. The molecule has 1 aromatic carbocycles. The van der Waals surface area contributed by atoms with Crippen LogP contribution in [0.25, 0.3) is 0 Å². The standard InChI is InChI=1S/C31H45N3O8.C29H40N2O9.C4H8ClNO.C4H9NO2.2ClH/c1-8-12-33-26-21-13-17(2)14-25(41-7)27(36)19(4)15-20(5)29(42-31(32)39)24(40-6)11-9-10-18(3)30(38)34-22(28(21)37)16-23(26)35;1-15-11-19-25(34)20(14-21(32)27(19)39-7)31-28(35)16(2)9-8-10-22(37-5)26(40-29(30)36)18(4)13-17(3)24(33)23(12-15)38-6;1-4(2,6)3(5)7;1-4(2,5)3(6)7;;/h8-11,15-17,19,24-25,27,29,33,35-37H,1,12-14H2,2-7H3,(H2,32,39)(H,34,38);8-10,13-15,17,22-24,26,33H,11-12H2,1-7H3,(H2,30,36)(H,31,35);6H2,1-2H3;5H2,1-2H3,(H,6,7);2*1H/p-1/b11-9-,18-10+,20-15+;10-8-,16-9+,18-13+;;;;/t17-,19+,24+,25+,27-,29+;15-,17+,22+,23+,24-,26+;;;;/m11..../s1. The average Bonchev–Trinajstić information content (AvgIpc) is 0.851. The summed E-state index contributed by atoms with van der Waals surface area (Å²) >= 11 is 4.99. The van der Waals surface area contributed by atoms with Gasteiger partial charge < -0.3 is 115 Å². The first-order chi connectivity index (χ1) is 44.6. The predicted molar refractivity (Wildman–Crippen MR) is 367 cm³/mol. The molecule has 4 rings (SSSR count). The number of nitrogens with one attached hydrogen (secondary N) is 2. The number of aromatic hydroxyl groups is 2. The van der Waals surface area contributed by atoms with E-state index in [4.69, 9.17) is 67.7 Å². The van der Waals surface area contributed by atoms with Gasteiger partial charge >= 0.3 is 12.2 Å². The number of allylic oxidation sites excluding steroid dienone is 6. The third kappa shape index (κ3) is 30.1. The summed E-state index contributed by atoms with van der Waals surface area (Å²) in [4.78, 5) is 95.2. The lowest BCUT2D eigenvalue weighted by molar-refractivity contribution is -0.562. The van der Waals surface area contributed by atoms with Gasteiger partial charge in [0.25, 0.3) is 11.8 Å². The Morgan fingerprint density at radius 1 is 0.724 bits per heavy atom. The van der Waals surface area contributed by atoms with Crippen molar-refractivity contribution in [3.8, 4) is 11.5 Å². The van der Waals surface area contributed by atoms with Gasteiger partial charge in [-0.25, -0.2) is 9.59 Å². The lowest BCUT2D eigenvalue weighted by atomic mass is 9.85. The minimum absolute atomic E-state index is 0. The molecule has 27 nitrogen and oxygen atoms in total. The molecule has 552 valence electrons. The maximum atomic E-state index is 13.3. The number of carboxylic acids is 1. The van der Waals surface area contributed by atoms with Gasteiger partial charge in [-0.3, -0.25) is 24.0 Å². The van der Waals surface area contributed by atoms with Gasteiger partial charge in [0, 0.05) is 74.7 Å². The minimum atomic E-state index is -1.23. The molecule has 12 atom stereocenters. The molecule has 16 N–H and O–H groups in total. The highest BCUT2D eigenvalue weighted by molar-refractivity contribution is 6.65. The van der Waals surface area contributed by atoms with E-state index in [1.807, 2.05) is 20.8 Å². The summed E-state index contributed by atoms with van der Waals surface area (Å²) in [6, 6.07) is 1.31. The number of carbonyl (C=O) groups excluding carboxylic acids is 8. The number of aliphatic hydroxyl groups excluding tert-OH is 2. The summed E-state index contributed by atoms with van der Waals surface area (Å²) in [6.07, 6.45) is 8.40. The number of phenolic OH excluding ortho intramolecular Hbond substituents is 2. The molecule has 0 aromatic heterocycles. The predicted octanol–water partition coefficient (Wildman–Crippen LogP) is 1.74. The molecule has 0 fully saturated rings. The second kappa shape index (κ2) is 44.0. The van der Waals surface area contributed by atoms with Crippen molar-refractivity contribution < 1.29 is 115 Å². The number of aliphatic hydroxyl groups is 2. The highest BCUT2D eigenvalue weighted by Crippen LogP contribution is 2.41. The van der Waals surface area contributed by atoms with Crippen molar-refractivity contribution in [2.45, 2.75) is 169 Å². The van der Waals surface area contributed by atoms with Crippen molar-refractivity contribution in [3.05, 3.63) is 118 Å². The number of carboxylic acid groups (broad SMARTS) is 1. The summed E-state index contributed by atoms with van der Waals surface area (Å²) < 4.78 is 38.4. The van der Waals surface area contributed by atoms with Crippen molar-refractivity contribution in [1.29, 1.82) is 0 Å². The molecule has 4 amide bonds. The molecular formula is C68H103Cl3N7O20-. The van der Waals surface area contributed by atoms with Crippen molar-refractivity contribution in [2.75, 3.05) is 47.4 Å². The first kappa shape index (κ1) is 92.8. The Morgan fingerprint density at radius 3 is 1.49 bits per heavy atom. The van der Waals surface area contributed by atoms with Crippen molar-refractivity contribution in [1.82, 2.24) is 5.32 Å². The molecule has 4 bridgehead atoms. The number of primary amides is 2. The second-order valence-corrected chi connectivity index (χ2v) is 25.2. The molecule has 0 unspecified atom stereocenters. The Labute approximate surface area is 592 Å². The number of nitrogens with two attached hydrogens (primary N) is 5. The largest absolute Gasteiger partial charge is 1.00 e. The van der Waals surface area contributed by atoms with Crippen molar-refractivity contribution in [3.63, 3.8) is 0 Å². The Balaban J connectivity index is 0. The van der Waals surface area contributed by atoms with Gasteiger partial charge in [-0.15, -0.1) is 12.4 Å². The normalized spacial score (nSPS) is 27.6. The Morgan fingerprint density at radius 2 is 1.13 bits per heavy atom. The second-order valence-electron chi connectivity index (χ2n) is 24.8. The number of hydrogen-bond acceptors (Lipinski definition) is 22. The van der Waals surface area contributed by atoms with Crippen LogP contribution in [0.4, 0.5) is 21.0 Å². The summed E-state index contributed by atoms with van der Waals surface area (Å²) in [5, 5.41) is 60.8. The van der Waals surface area contributed by atoms with Crippen LogP contribution in [-0.4, -0.2) is 169 Å². The lowest BCUT2D eigenvalue weighted by Crippen LogP contribution is -3.00. The van der Waals surface area contributed by atoms with Crippen LogP contribution in [0.1, 0.15) is 108 Å². The van der Waals surface area contributed by atoms with E-state index in [-0.39, 0.29) is 82.9 Å². The number of methoxy groups -OCH3 is 5. The van der Waals surface area contributed by atoms with Crippen molar-refractivity contribution in [2.24, 2.45) is 46.6 Å². The van der Waals surface area contributed by atoms with Gasteiger partial charge in [-0.2, -0.15) is 0 Å². The van der Waals surface area contributed by atoms with E-state index in [9.17, 15) is 63.9 Å². The number of rotatable bonds is 12. The van der Waals surface area contributed by atoms with E-state index in [2.05, 4.69) is 17.2 Å². The summed E-state index contributed by atoms with van der Waals surface area (Å²) in [5.74, 6) is -4.90. The fourth-order valence-electron chi connectivity index (χ4n) is 9.84. The number of carbonyl (C=O) groups is 8. The van der Waals surface area contributed by atoms with Crippen molar-refractivity contribution >= 4 is 82.2 Å². The summed E-state index contributed by atoms with van der Waals surface area (Å²) in [6.45, 7) is 24.1. The number of aliphatic carboxylic acids is 1. The molecule has 3 aliphatic rings. The van der Waals surface area contributed by atoms with Crippen LogP contribution in [0, 0.1) is 23.7 Å². The van der Waals surface area contributed by atoms with Crippen LogP contribution in [0.15, 0.2) is 113 Å². The molecular weight excluding hydrogens is 1340 g/mol. The number of Topliss-reactive ketones (excluding diaryl/α,β-unsaturated/α-hetero) is 1. The van der Waals surface area contributed by atoms with Gasteiger partial charge in [0.05, 0.1) is 66.5 Å². The minimum Gasteiger partial charge on any atom is -1.00 e. The number of benzene rings is 1. The molecule has 0 saturated heterocycles. The number of ketones is 2. The highest BCUT2D eigenvalue weighted by Gasteiger charge is 2.36. The molecule has 2 aliphatic heterocycles. The molecule has 30 heteroatoms. The number of ether oxygens (including phenoxy) is 7. The van der Waals surface area contributed by atoms with Crippen LogP contribution in [-0.2, 0) is 68.3 Å². The van der Waals surface area contributed by atoms with E-state index in [1.54, 1.807) is 89.4 Å². The SMILES string of the molecule is C=CC[NH2+]c1c(O)cc2c(O)c1C[C@@H](C)C[C@H](OC)[C@H](O)[C@@H](C)/C=C(\C)[C@H](OC(N)=O)[C@@H](OC)/C=C\C=C(/C)C(=O)N2.CC(C)(N)C(=O)Cl.CC(C)(N)C(=O)[O-].COC1=C2C[C@@H](C)C[C@H](OC)[C@H](O)[C@@H](C)/C=C(\C)[C@H](OC(N)=O)[C@@H](OC)/C=C\C=C(/C)C(=O)NC(=CC1=O)C2=O.Cl.[Cl-]. The third-order valence-corrected chi connectivity index (χ3v) is 15.8. The van der Waals surface area contributed by atoms with Crippen LogP contribution in [0.2, 0.25) is 0 Å². The smallest absolute Gasteiger partial charge is 0.405 e. The van der Waals surface area contributed by atoms with E-state index in [1.165, 1.54) is 74.5 Å². The zero-order valence-corrected chi connectivity index (χ0v) is 61.2. The number of hydrogen-bond donors (Lipinski definition) is 11. The number of amides is 4. The van der Waals surface area contributed by atoms with E-state index >= 15 is 0 Å². The molecule has 0 spiro atoms. The zero-order valence-electron chi connectivity index (χ0n) is 58.9. The maximum absolute atomic E-state index is 13.3. The topological polar surface area (TPSA) is 450 Å². The molecule has 0 saturated carbocycles.